The number of rotatable bonds is 8. The largest absolute Gasteiger partial charge is 0.490 e. The lowest BCUT2D eigenvalue weighted by Crippen LogP contribution is -2.42. The smallest absolute Gasteiger partial charge is 0.475 e. The summed E-state index contributed by atoms with van der Waals surface area (Å²) in [7, 11) is -3.57. The summed E-state index contributed by atoms with van der Waals surface area (Å²) in [5, 5.41) is 14.8. The van der Waals surface area contributed by atoms with Crippen molar-refractivity contribution in [2.75, 3.05) is 12.3 Å². The van der Waals surface area contributed by atoms with Crippen LogP contribution in [0.5, 0.6) is 0 Å². The van der Waals surface area contributed by atoms with Gasteiger partial charge in [0, 0.05) is 18.7 Å². The number of carboxylic acids is 1. The highest BCUT2D eigenvalue weighted by Crippen LogP contribution is 2.18. The molecule has 1 aliphatic rings. The van der Waals surface area contributed by atoms with Gasteiger partial charge in [-0.3, -0.25) is 10.2 Å². The van der Waals surface area contributed by atoms with Gasteiger partial charge in [-0.15, -0.1) is 0 Å². The number of halogens is 3. The van der Waals surface area contributed by atoms with Crippen molar-refractivity contribution in [1.29, 1.82) is 5.41 Å². The maximum absolute atomic E-state index is 12.7. The number of likely N-dealkylation sites (tertiary alicyclic amines) is 1. The molecule has 35 heavy (non-hydrogen) atoms. The summed E-state index contributed by atoms with van der Waals surface area (Å²) < 4.78 is 59.1. The summed E-state index contributed by atoms with van der Waals surface area (Å²) in [6, 6.07) is 15.8. The maximum atomic E-state index is 12.7. The molecule has 190 valence electrons. The number of hydrogen-bond donors (Lipinski definition) is 4. The van der Waals surface area contributed by atoms with Crippen LogP contribution in [0.4, 0.5) is 13.2 Å². The Morgan fingerprint density at radius 2 is 1.71 bits per heavy atom. The Morgan fingerprint density at radius 3 is 2.29 bits per heavy atom. The topological polar surface area (TPSA) is 154 Å². The normalized spacial score (nSPS) is 15.9. The average Bonchev–Trinajstić information content (AvgIpc) is 3.11. The molecule has 0 aliphatic carbocycles. The second-order valence-corrected chi connectivity index (χ2v) is 9.52. The van der Waals surface area contributed by atoms with Gasteiger partial charge in [-0.2, -0.15) is 13.2 Å². The number of nitrogens with one attached hydrogen (secondary N) is 2. The lowest BCUT2D eigenvalue weighted by Gasteiger charge is -2.19. The van der Waals surface area contributed by atoms with Gasteiger partial charge in [0.15, 0.2) is 0 Å². The van der Waals surface area contributed by atoms with E-state index in [-0.39, 0.29) is 17.5 Å². The van der Waals surface area contributed by atoms with Gasteiger partial charge in [0.25, 0.3) is 0 Å². The second-order valence-electron chi connectivity index (χ2n) is 7.65. The van der Waals surface area contributed by atoms with Crippen LogP contribution in [-0.4, -0.2) is 60.7 Å². The zero-order valence-corrected chi connectivity index (χ0v) is 19.3. The Balaban J connectivity index is 0.000000540. The summed E-state index contributed by atoms with van der Waals surface area (Å²) in [5.41, 5.74) is 7.90. The number of nitrogens with two attached hydrogens (primary N) is 1. The molecule has 2 aromatic rings. The summed E-state index contributed by atoms with van der Waals surface area (Å²) in [6.45, 7) is 0.758. The van der Waals surface area contributed by atoms with Crippen LogP contribution in [0.1, 0.15) is 23.1 Å². The van der Waals surface area contributed by atoms with Gasteiger partial charge in [0.05, 0.1) is 5.75 Å². The molecule has 0 radical (unpaired) electrons. The van der Waals surface area contributed by atoms with Gasteiger partial charge in [-0.25, -0.2) is 17.9 Å². The van der Waals surface area contributed by atoms with E-state index in [0.717, 1.165) is 11.1 Å². The number of carbonyl (C=O) groups excluding carboxylic acids is 1. The maximum Gasteiger partial charge on any atom is 0.490 e. The zero-order valence-electron chi connectivity index (χ0n) is 18.5. The first-order valence-corrected chi connectivity index (χ1v) is 12.0. The van der Waals surface area contributed by atoms with Crippen LogP contribution < -0.4 is 10.5 Å². The number of nitrogens with zero attached hydrogens (tertiary/aromatic N) is 1. The van der Waals surface area contributed by atoms with Crippen molar-refractivity contribution in [3.8, 4) is 0 Å². The number of hydrogen-bond acceptors (Lipinski definition) is 5. The number of benzene rings is 2. The van der Waals surface area contributed by atoms with Gasteiger partial charge in [-0.1, -0.05) is 54.6 Å². The standard InChI is InChI=1S/C20H24N4O3S.C2HF3O2/c21-19(22)17-9-5-4-8-16(17)14-24-12-10-18(20(24)25)23-28(26,27)13-11-15-6-2-1-3-7-15;3-2(4,5)1(6)7/h1-9,18,23H,10-14H2,(H3,21,22);(H,6,7). The zero-order chi connectivity index (χ0) is 26.2. The molecule has 0 aromatic heterocycles. The van der Waals surface area contributed by atoms with Crippen molar-refractivity contribution >= 4 is 27.7 Å². The van der Waals surface area contributed by atoms with Gasteiger partial charge < -0.3 is 15.7 Å². The molecule has 0 saturated carbocycles. The Morgan fingerprint density at radius 1 is 1.14 bits per heavy atom. The van der Waals surface area contributed by atoms with E-state index in [1.807, 2.05) is 42.5 Å². The first-order valence-electron chi connectivity index (χ1n) is 10.4. The highest BCUT2D eigenvalue weighted by molar-refractivity contribution is 7.89. The molecule has 1 atom stereocenters. The SMILES string of the molecule is N=C(N)c1ccccc1CN1CCC(NS(=O)(=O)CCc2ccccc2)C1=O.O=C(O)C(F)(F)F. The molecule has 1 aliphatic heterocycles. The van der Waals surface area contributed by atoms with Crippen molar-refractivity contribution in [3.63, 3.8) is 0 Å². The third-order valence-corrected chi connectivity index (χ3v) is 6.42. The fraction of sp³-hybridized carbons (Fsp3) is 0.318. The highest BCUT2D eigenvalue weighted by atomic mass is 32.2. The monoisotopic (exact) mass is 514 g/mol. The van der Waals surface area contributed by atoms with E-state index in [1.54, 1.807) is 17.0 Å². The van der Waals surface area contributed by atoms with Gasteiger partial charge in [-0.05, 0) is 24.0 Å². The van der Waals surface area contributed by atoms with E-state index in [2.05, 4.69) is 4.72 Å². The summed E-state index contributed by atoms with van der Waals surface area (Å²) in [4.78, 5) is 23.2. The molecule has 1 unspecified atom stereocenters. The number of nitrogen functional groups attached to an aromatic ring is 1. The van der Waals surface area contributed by atoms with E-state index in [1.165, 1.54) is 0 Å². The van der Waals surface area contributed by atoms with Crippen LogP contribution in [0.25, 0.3) is 0 Å². The molecule has 13 heteroatoms. The minimum absolute atomic E-state index is 0.0552. The van der Waals surface area contributed by atoms with Crippen molar-refractivity contribution < 1.29 is 36.3 Å². The number of aryl methyl sites for hydroxylation is 1. The van der Waals surface area contributed by atoms with Crippen molar-refractivity contribution in [3.05, 3.63) is 71.3 Å². The Bertz CT molecular complexity index is 1160. The van der Waals surface area contributed by atoms with Crippen LogP contribution in [0.15, 0.2) is 54.6 Å². The third-order valence-electron chi connectivity index (χ3n) is 5.03. The molecule has 2 aromatic carbocycles. The molecule has 1 heterocycles. The predicted octanol–water partition coefficient (Wildman–Crippen LogP) is 1.87. The number of carbonyl (C=O) groups is 2. The minimum Gasteiger partial charge on any atom is -0.475 e. The first-order chi connectivity index (χ1) is 16.3. The number of sulfonamides is 1. The summed E-state index contributed by atoms with van der Waals surface area (Å²) in [6.07, 6.45) is -4.27. The molecule has 9 nitrogen and oxygen atoms in total. The van der Waals surface area contributed by atoms with Gasteiger partial charge in [0.1, 0.15) is 11.9 Å². The molecule has 1 amide bonds. The predicted molar refractivity (Wildman–Crippen MR) is 122 cm³/mol. The van der Waals surface area contributed by atoms with E-state index in [9.17, 15) is 26.4 Å². The molecule has 0 spiro atoms. The second kappa shape index (κ2) is 11.8. The molecular formula is C22H25F3N4O5S. The van der Waals surface area contributed by atoms with Crippen LogP contribution >= 0.6 is 0 Å². The van der Waals surface area contributed by atoms with Crippen LogP contribution in [0.3, 0.4) is 0 Å². The highest BCUT2D eigenvalue weighted by Gasteiger charge is 2.38. The lowest BCUT2D eigenvalue weighted by molar-refractivity contribution is -0.192. The van der Waals surface area contributed by atoms with Crippen molar-refractivity contribution in [2.24, 2.45) is 5.73 Å². The first kappa shape index (κ1) is 27.8. The Kier molecular flexibility index (Phi) is 9.37. The van der Waals surface area contributed by atoms with E-state index in [4.69, 9.17) is 21.0 Å². The minimum atomic E-state index is -5.08. The fourth-order valence-corrected chi connectivity index (χ4v) is 4.58. The fourth-order valence-electron chi connectivity index (χ4n) is 3.30. The molecule has 1 fully saturated rings. The molecular weight excluding hydrogens is 489 g/mol. The average molecular weight is 515 g/mol. The number of amidine groups is 1. The summed E-state index contributed by atoms with van der Waals surface area (Å²) in [5.74, 6) is -3.12. The lowest BCUT2D eigenvalue weighted by atomic mass is 10.1. The molecule has 1 saturated heterocycles. The van der Waals surface area contributed by atoms with E-state index < -0.39 is 28.2 Å². The van der Waals surface area contributed by atoms with Crippen LogP contribution in [-0.2, 0) is 32.6 Å². The molecule has 0 bridgehead atoms. The van der Waals surface area contributed by atoms with Crippen LogP contribution in [0.2, 0.25) is 0 Å². The molecule has 3 rings (SSSR count). The van der Waals surface area contributed by atoms with Gasteiger partial charge >= 0.3 is 12.1 Å². The van der Waals surface area contributed by atoms with Crippen molar-refractivity contribution in [2.45, 2.75) is 31.6 Å². The number of aliphatic carboxylic acids is 1. The number of amides is 1. The Labute approximate surface area is 200 Å². The third kappa shape index (κ3) is 8.68. The summed E-state index contributed by atoms with van der Waals surface area (Å²) >= 11 is 0. The van der Waals surface area contributed by atoms with E-state index >= 15 is 0 Å². The quantitative estimate of drug-likeness (QED) is 0.312. The Hall–Kier alpha value is -3.45. The number of alkyl halides is 3. The van der Waals surface area contributed by atoms with E-state index in [0.29, 0.717) is 31.5 Å². The number of carboxylic acid groups (broad SMARTS) is 1. The van der Waals surface area contributed by atoms with Gasteiger partial charge in [0.2, 0.25) is 15.9 Å². The van der Waals surface area contributed by atoms with Crippen molar-refractivity contribution in [1.82, 2.24) is 9.62 Å². The van der Waals surface area contributed by atoms with Crippen LogP contribution in [0, 0.1) is 5.41 Å². The molecule has 5 N–H and O–H groups in total.